The van der Waals surface area contributed by atoms with Gasteiger partial charge in [0.25, 0.3) is 0 Å². The third kappa shape index (κ3) is 6.17. The van der Waals surface area contributed by atoms with E-state index in [9.17, 15) is 30.8 Å². The summed E-state index contributed by atoms with van der Waals surface area (Å²) >= 11 is 0. The SMILES string of the molecule is O=C(CN1CCN(S(=O)(=O)c2ccccc2F)CC1)NCc1ccccc1OC(F)(F)F. The lowest BCUT2D eigenvalue weighted by Gasteiger charge is -2.33. The van der Waals surface area contributed by atoms with Crippen LogP contribution in [-0.2, 0) is 21.4 Å². The van der Waals surface area contributed by atoms with Gasteiger partial charge in [-0.1, -0.05) is 30.3 Å². The van der Waals surface area contributed by atoms with Crippen LogP contribution >= 0.6 is 0 Å². The lowest BCUT2D eigenvalue weighted by atomic mass is 10.2. The number of alkyl halides is 3. The van der Waals surface area contributed by atoms with Gasteiger partial charge in [-0.25, -0.2) is 12.8 Å². The van der Waals surface area contributed by atoms with Gasteiger partial charge >= 0.3 is 6.36 Å². The van der Waals surface area contributed by atoms with Crippen molar-refractivity contribution in [2.75, 3.05) is 32.7 Å². The molecule has 12 heteroatoms. The Morgan fingerprint density at radius 1 is 1.00 bits per heavy atom. The van der Waals surface area contributed by atoms with E-state index < -0.39 is 38.8 Å². The second kappa shape index (κ2) is 9.84. The number of halogens is 4. The van der Waals surface area contributed by atoms with E-state index in [1.165, 1.54) is 36.4 Å². The molecule has 1 amide bonds. The summed E-state index contributed by atoms with van der Waals surface area (Å²) in [6.07, 6.45) is -4.84. The highest BCUT2D eigenvalue weighted by molar-refractivity contribution is 7.89. The Morgan fingerprint density at radius 2 is 1.62 bits per heavy atom. The highest BCUT2D eigenvalue weighted by Gasteiger charge is 2.32. The molecule has 1 N–H and O–H groups in total. The van der Waals surface area contributed by atoms with Crippen LogP contribution in [0.3, 0.4) is 0 Å². The minimum absolute atomic E-state index is 0.0596. The molecule has 0 atom stereocenters. The predicted octanol–water partition coefficient (Wildman–Crippen LogP) is 2.35. The van der Waals surface area contributed by atoms with Crippen molar-refractivity contribution in [3.8, 4) is 5.75 Å². The van der Waals surface area contributed by atoms with E-state index in [0.717, 1.165) is 16.4 Å². The Balaban J connectivity index is 1.51. The number of benzene rings is 2. The number of ether oxygens (including phenoxy) is 1. The molecule has 174 valence electrons. The Morgan fingerprint density at radius 3 is 2.28 bits per heavy atom. The minimum atomic E-state index is -4.84. The second-order valence-corrected chi connectivity index (χ2v) is 8.95. The predicted molar refractivity (Wildman–Crippen MR) is 107 cm³/mol. The third-order valence-corrected chi connectivity index (χ3v) is 6.76. The van der Waals surface area contributed by atoms with Gasteiger partial charge in [-0.15, -0.1) is 13.2 Å². The van der Waals surface area contributed by atoms with Crippen molar-refractivity contribution in [1.82, 2.24) is 14.5 Å². The maximum atomic E-state index is 13.9. The van der Waals surface area contributed by atoms with Crippen LogP contribution < -0.4 is 10.1 Å². The van der Waals surface area contributed by atoms with Crippen LogP contribution in [0.1, 0.15) is 5.56 Å². The summed E-state index contributed by atoms with van der Waals surface area (Å²) in [5, 5.41) is 2.54. The topological polar surface area (TPSA) is 79.0 Å². The summed E-state index contributed by atoms with van der Waals surface area (Å²) in [6, 6.07) is 10.6. The number of carbonyl (C=O) groups excluding carboxylic acids is 1. The number of nitrogens with one attached hydrogen (secondary N) is 1. The maximum Gasteiger partial charge on any atom is 0.573 e. The lowest BCUT2D eigenvalue weighted by molar-refractivity contribution is -0.274. The van der Waals surface area contributed by atoms with Gasteiger partial charge in [0.2, 0.25) is 15.9 Å². The Bertz CT molecular complexity index is 1050. The zero-order valence-corrected chi connectivity index (χ0v) is 17.6. The summed E-state index contributed by atoms with van der Waals surface area (Å²) in [6.45, 7) is 0.421. The molecule has 1 heterocycles. The molecule has 1 aliphatic rings. The lowest BCUT2D eigenvalue weighted by Crippen LogP contribution is -2.51. The normalized spacial score (nSPS) is 16.0. The summed E-state index contributed by atoms with van der Waals surface area (Å²) in [4.78, 5) is 13.5. The Labute approximate surface area is 182 Å². The van der Waals surface area contributed by atoms with E-state index in [-0.39, 0.29) is 44.8 Å². The van der Waals surface area contributed by atoms with Gasteiger partial charge in [-0.05, 0) is 18.2 Å². The summed E-state index contributed by atoms with van der Waals surface area (Å²) < 4.78 is 81.7. The third-order valence-electron chi connectivity index (χ3n) is 4.83. The molecule has 0 saturated carbocycles. The van der Waals surface area contributed by atoms with Crippen molar-refractivity contribution in [3.63, 3.8) is 0 Å². The number of piperazine rings is 1. The molecule has 0 radical (unpaired) electrons. The van der Waals surface area contributed by atoms with Crippen LogP contribution in [-0.4, -0.2) is 62.6 Å². The largest absolute Gasteiger partial charge is 0.573 e. The average Bonchev–Trinajstić information content (AvgIpc) is 2.72. The number of nitrogens with zero attached hydrogens (tertiary/aromatic N) is 2. The summed E-state index contributed by atoms with van der Waals surface area (Å²) in [5.41, 5.74) is 0.166. The van der Waals surface area contributed by atoms with Crippen molar-refractivity contribution in [1.29, 1.82) is 0 Å². The number of amides is 1. The van der Waals surface area contributed by atoms with Crippen molar-refractivity contribution in [2.45, 2.75) is 17.8 Å². The molecule has 2 aromatic carbocycles. The molecule has 0 unspecified atom stereocenters. The Hall–Kier alpha value is -2.70. The minimum Gasteiger partial charge on any atom is -0.405 e. The number of sulfonamides is 1. The van der Waals surface area contributed by atoms with Crippen molar-refractivity contribution in [2.24, 2.45) is 0 Å². The van der Waals surface area contributed by atoms with Crippen LogP contribution in [0.15, 0.2) is 53.4 Å². The van der Waals surface area contributed by atoms with Gasteiger partial charge in [0.05, 0.1) is 6.54 Å². The average molecular weight is 475 g/mol. The maximum absolute atomic E-state index is 13.9. The van der Waals surface area contributed by atoms with E-state index >= 15 is 0 Å². The first kappa shape index (κ1) is 24.0. The van der Waals surface area contributed by atoms with Crippen LogP contribution in [0, 0.1) is 5.82 Å². The smallest absolute Gasteiger partial charge is 0.405 e. The van der Waals surface area contributed by atoms with Crippen LogP contribution in [0.5, 0.6) is 5.75 Å². The molecule has 3 rings (SSSR count). The molecule has 0 aliphatic carbocycles. The molecule has 32 heavy (non-hydrogen) atoms. The quantitative estimate of drug-likeness (QED) is 0.622. The molecule has 2 aromatic rings. The summed E-state index contributed by atoms with van der Waals surface area (Å²) in [5.74, 6) is -1.66. The first-order valence-corrected chi connectivity index (χ1v) is 11.1. The monoisotopic (exact) mass is 475 g/mol. The highest BCUT2D eigenvalue weighted by atomic mass is 32.2. The van der Waals surface area contributed by atoms with Gasteiger partial charge in [0, 0.05) is 38.3 Å². The second-order valence-electron chi connectivity index (χ2n) is 7.04. The van der Waals surface area contributed by atoms with E-state index in [0.29, 0.717) is 0 Å². The Kier molecular flexibility index (Phi) is 7.36. The van der Waals surface area contributed by atoms with Gasteiger partial charge in [-0.2, -0.15) is 4.31 Å². The van der Waals surface area contributed by atoms with E-state index in [1.54, 1.807) is 4.90 Å². The molecule has 0 spiro atoms. The fourth-order valence-corrected chi connectivity index (χ4v) is 4.74. The fourth-order valence-electron chi connectivity index (χ4n) is 3.25. The van der Waals surface area contributed by atoms with Crippen LogP contribution in [0.25, 0.3) is 0 Å². The van der Waals surface area contributed by atoms with Crippen molar-refractivity contribution < 1.29 is 35.5 Å². The van der Waals surface area contributed by atoms with E-state index in [4.69, 9.17) is 0 Å². The first-order chi connectivity index (χ1) is 15.1. The van der Waals surface area contributed by atoms with Gasteiger partial charge in [0.1, 0.15) is 16.5 Å². The number of para-hydroxylation sites is 1. The number of hydrogen-bond acceptors (Lipinski definition) is 5. The van der Waals surface area contributed by atoms with Gasteiger partial charge in [0.15, 0.2) is 0 Å². The first-order valence-electron chi connectivity index (χ1n) is 9.63. The molecule has 1 fully saturated rings. The molecular weight excluding hydrogens is 454 g/mol. The molecule has 1 aliphatic heterocycles. The molecular formula is C20H21F4N3O4S. The van der Waals surface area contributed by atoms with Crippen molar-refractivity contribution in [3.05, 3.63) is 59.9 Å². The number of rotatable bonds is 7. The van der Waals surface area contributed by atoms with E-state index in [1.807, 2.05) is 0 Å². The van der Waals surface area contributed by atoms with E-state index in [2.05, 4.69) is 10.1 Å². The molecule has 1 saturated heterocycles. The molecule has 0 bridgehead atoms. The van der Waals surface area contributed by atoms with Crippen LogP contribution in [0.2, 0.25) is 0 Å². The van der Waals surface area contributed by atoms with Gasteiger partial charge < -0.3 is 10.1 Å². The zero-order chi connectivity index (χ0) is 23.4. The zero-order valence-electron chi connectivity index (χ0n) is 16.8. The molecule has 7 nitrogen and oxygen atoms in total. The molecule has 0 aromatic heterocycles. The number of hydrogen-bond donors (Lipinski definition) is 1. The standard InChI is InChI=1S/C20H21F4N3O4S/c21-16-6-2-4-8-18(16)32(29,30)27-11-9-26(10-12-27)14-19(28)25-13-15-5-1-3-7-17(15)31-20(22,23)24/h1-8H,9-14H2,(H,25,28). The van der Waals surface area contributed by atoms with Crippen molar-refractivity contribution >= 4 is 15.9 Å². The van der Waals surface area contributed by atoms with Gasteiger partial charge in [-0.3, -0.25) is 9.69 Å². The fraction of sp³-hybridized carbons (Fsp3) is 0.350. The number of carbonyl (C=O) groups is 1. The highest BCUT2D eigenvalue weighted by Crippen LogP contribution is 2.26. The summed E-state index contributed by atoms with van der Waals surface area (Å²) in [7, 11) is -3.99. The van der Waals surface area contributed by atoms with Crippen LogP contribution in [0.4, 0.5) is 17.6 Å².